The molecule has 0 aliphatic carbocycles. The van der Waals surface area contributed by atoms with E-state index in [-0.39, 0.29) is 23.8 Å². The molecule has 0 aromatic heterocycles. The van der Waals surface area contributed by atoms with Crippen LogP contribution in [0.1, 0.15) is 41.9 Å². The molecule has 2 aromatic carbocycles. The third-order valence-electron chi connectivity index (χ3n) is 6.73. The predicted octanol–water partition coefficient (Wildman–Crippen LogP) is 3.21. The molecule has 1 atom stereocenters. The molecule has 3 aliphatic heterocycles. The Labute approximate surface area is 176 Å². The number of amides is 2. The monoisotopic (exact) mass is 406 g/mol. The first-order chi connectivity index (χ1) is 14.6. The van der Waals surface area contributed by atoms with Crippen LogP contribution in [0.15, 0.2) is 42.5 Å². The second-order valence-corrected chi connectivity index (χ2v) is 8.33. The largest absolute Gasteiger partial charge is 0.497 e. The summed E-state index contributed by atoms with van der Waals surface area (Å²) in [6, 6.07) is 13.8. The Morgan fingerprint density at radius 3 is 2.80 bits per heavy atom. The summed E-state index contributed by atoms with van der Waals surface area (Å²) in [4.78, 5) is 27.4. The summed E-state index contributed by atoms with van der Waals surface area (Å²) in [5, 5.41) is 2.87. The van der Waals surface area contributed by atoms with Gasteiger partial charge < -0.3 is 19.7 Å². The van der Waals surface area contributed by atoms with Crippen LogP contribution in [0.3, 0.4) is 0 Å². The lowest BCUT2D eigenvalue weighted by Crippen LogP contribution is -2.50. The molecular weight excluding hydrogens is 380 g/mol. The normalized spacial score (nSPS) is 22.1. The van der Waals surface area contributed by atoms with Crippen LogP contribution in [0, 0.1) is 0 Å². The maximum atomic E-state index is 13.4. The van der Waals surface area contributed by atoms with Crippen LogP contribution in [0.2, 0.25) is 0 Å². The average molecular weight is 406 g/mol. The fourth-order valence-corrected chi connectivity index (χ4v) is 5.14. The minimum atomic E-state index is -0.409. The highest BCUT2D eigenvalue weighted by molar-refractivity contribution is 6.01. The number of para-hydroxylation sites is 1. The number of likely N-dealkylation sites (tertiary alicyclic amines) is 1. The number of benzene rings is 2. The first-order valence-electron chi connectivity index (χ1n) is 10.6. The van der Waals surface area contributed by atoms with Crippen molar-refractivity contribution in [3.8, 4) is 5.75 Å². The van der Waals surface area contributed by atoms with Gasteiger partial charge in [-0.1, -0.05) is 24.3 Å². The van der Waals surface area contributed by atoms with E-state index in [0.717, 1.165) is 36.3 Å². The van der Waals surface area contributed by atoms with Crippen LogP contribution >= 0.6 is 0 Å². The predicted molar refractivity (Wildman–Crippen MR) is 113 cm³/mol. The maximum Gasteiger partial charge on any atom is 0.230 e. The highest BCUT2D eigenvalue weighted by Crippen LogP contribution is 2.43. The van der Waals surface area contributed by atoms with Crippen molar-refractivity contribution in [3.63, 3.8) is 0 Å². The molecule has 0 saturated carbocycles. The van der Waals surface area contributed by atoms with Crippen LogP contribution in [0.5, 0.6) is 5.75 Å². The zero-order valence-corrected chi connectivity index (χ0v) is 17.1. The van der Waals surface area contributed by atoms with Gasteiger partial charge in [-0.2, -0.15) is 0 Å². The number of methoxy groups -OCH3 is 1. The first-order valence-corrected chi connectivity index (χ1v) is 10.6. The molecule has 3 aliphatic rings. The summed E-state index contributed by atoms with van der Waals surface area (Å²) in [5.41, 5.74) is 3.83. The van der Waals surface area contributed by atoms with Crippen molar-refractivity contribution in [1.82, 2.24) is 4.90 Å². The molecule has 0 bridgehead atoms. The molecule has 3 heterocycles. The lowest BCUT2D eigenvalue weighted by molar-refractivity contribution is -0.143. The number of hydrogen-bond acceptors (Lipinski definition) is 4. The van der Waals surface area contributed by atoms with Gasteiger partial charge in [-0.05, 0) is 54.2 Å². The smallest absolute Gasteiger partial charge is 0.230 e. The highest BCUT2D eigenvalue weighted by Gasteiger charge is 2.43. The summed E-state index contributed by atoms with van der Waals surface area (Å²) in [5.74, 6) is 0.400. The Balaban J connectivity index is 1.35. The SMILES string of the molecule is COc1ccc2c(c1)CCOC21CCN(C(=O)C2CC(=O)Nc3ccccc32)CC1. The number of hydrogen-bond donors (Lipinski definition) is 1. The van der Waals surface area contributed by atoms with Gasteiger partial charge in [-0.15, -0.1) is 0 Å². The molecule has 1 N–H and O–H groups in total. The second-order valence-electron chi connectivity index (χ2n) is 8.33. The van der Waals surface area contributed by atoms with Crippen molar-refractivity contribution in [2.75, 3.05) is 32.1 Å². The van der Waals surface area contributed by atoms with Crippen molar-refractivity contribution >= 4 is 17.5 Å². The second kappa shape index (κ2) is 7.43. The molecule has 5 rings (SSSR count). The van der Waals surface area contributed by atoms with E-state index in [9.17, 15) is 9.59 Å². The summed E-state index contributed by atoms with van der Waals surface area (Å²) in [6.45, 7) is 1.94. The molecule has 2 aromatic rings. The van der Waals surface area contributed by atoms with Gasteiger partial charge in [0.1, 0.15) is 5.75 Å². The van der Waals surface area contributed by atoms with Crippen molar-refractivity contribution in [2.45, 2.75) is 37.2 Å². The van der Waals surface area contributed by atoms with Gasteiger partial charge in [0.15, 0.2) is 0 Å². The number of carbonyl (C=O) groups is 2. The van der Waals surface area contributed by atoms with Gasteiger partial charge in [0.2, 0.25) is 11.8 Å². The van der Waals surface area contributed by atoms with E-state index in [2.05, 4.69) is 17.4 Å². The summed E-state index contributed by atoms with van der Waals surface area (Å²) >= 11 is 0. The van der Waals surface area contributed by atoms with Gasteiger partial charge >= 0.3 is 0 Å². The molecule has 1 spiro atoms. The molecule has 2 amide bonds. The van der Waals surface area contributed by atoms with Crippen molar-refractivity contribution in [3.05, 3.63) is 59.2 Å². The molecule has 0 radical (unpaired) electrons. The lowest BCUT2D eigenvalue weighted by Gasteiger charge is -2.45. The van der Waals surface area contributed by atoms with Crippen LogP contribution in [0.4, 0.5) is 5.69 Å². The molecule has 30 heavy (non-hydrogen) atoms. The Morgan fingerprint density at radius 1 is 1.20 bits per heavy atom. The maximum absolute atomic E-state index is 13.4. The van der Waals surface area contributed by atoms with E-state index < -0.39 is 5.92 Å². The standard InChI is InChI=1S/C24H26N2O4/c1-29-17-6-7-20-16(14-17)8-13-30-24(20)9-11-26(12-10-24)23(28)19-15-22(27)25-21-5-3-2-4-18(19)21/h2-7,14,19H,8-13,15H2,1H3,(H,25,27). The minimum Gasteiger partial charge on any atom is -0.497 e. The van der Waals surface area contributed by atoms with Crippen molar-refractivity contribution < 1.29 is 19.1 Å². The molecule has 6 heteroatoms. The number of carbonyl (C=O) groups excluding carboxylic acids is 2. The number of piperidine rings is 1. The molecule has 1 saturated heterocycles. The van der Waals surface area contributed by atoms with E-state index in [0.29, 0.717) is 19.7 Å². The fourth-order valence-electron chi connectivity index (χ4n) is 5.14. The van der Waals surface area contributed by atoms with Crippen LogP contribution < -0.4 is 10.1 Å². The fraction of sp³-hybridized carbons (Fsp3) is 0.417. The van der Waals surface area contributed by atoms with Crippen LogP contribution in [-0.4, -0.2) is 43.5 Å². The van der Waals surface area contributed by atoms with Gasteiger partial charge in [0.25, 0.3) is 0 Å². The number of rotatable bonds is 2. The van der Waals surface area contributed by atoms with E-state index >= 15 is 0 Å². The Kier molecular flexibility index (Phi) is 4.74. The zero-order chi connectivity index (χ0) is 20.7. The third kappa shape index (κ3) is 3.16. The van der Waals surface area contributed by atoms with E-state index in [4.69, 9.17) is 9.47 Å². The summed E-state index contributed by atoms with van der Waals surface area (Å²) in [6.07, 6.45) is 2.61. The van der Waals surface area contributed by atoms with E-state index in [1.807, 2.05) is 35.2 Å². The molecule has 1 unspecified atom stereocenters. The number of nitrogens with one attached hydrogen (secondary N) is 1. The van der Waals surface area contributed by atoms with E-state index in [1.165, 1.54) is 11.1 Å². The Bertz CT molecular complexity index is 994. The van der Waals surface area contributed by atoms with Crippen LogP contribution in [-0.2, 0) is 26.3 Å². The third-order valence-corrected chi connectivity index (χ3v) is 6.73. The molecular formula is C24H26N2O4. The first kappa shape index (κ1) is 19.1. The summed E-state index contributed by atoms with van der Waals surface area (Å²) in [7, 11) is 1.69. The number of ether oxygens (including phenoxy) is 2. The summed E-state index contributed by atoms with van der Waals surface area (Å²) < 4.78 is 11.7. The Hall–Kier alpha value is -2.86. The van der Waals surface area contributed by atoms with Crippen LogP contribution in [0.25, 0.3) is 0 Å². The van der Waals surface area contributed by atoms with Crippen molar-refractivity contribution in [1.29, 1.82) is 0 Å². The Morgan fingerprint density at radius 2 is 2.00 bits per heavy atom. The topological polar surface area (TPSA) is 67.9 Å². The number of nitrogens with zero attached hydrogens (tertiary/aromatic N) is 1. The number of anilines is 1. The highest BCUT2D eigenvalue weighted by atomic mass is 16.5. The van der Waals surface area contributed by atoms with E-state index in [1.54, 1.807) is 7.11 Å². The number of fused-ring (bicyclic) bond motifs is 3. The zero-order valence-electron chi connectivity index (χ0n) is 17.1. The lowest BCUT2D eigenvalue weighted by atomic mass is 9.79. The van der Waals surface area contributed by atoms with Gasteiger partial charge in [-0.3, -0.25) is 9.59 Å². The van der Waals surface area contributed by atoms with Gasteiger partial charge in [0, 0.05) is 25.2 Å². The average Bonchev–Trinajstić information content (AvgIpc) is 2.78. The van der Waals surface area contributed by atoms with Gasteiger partial charge in [0.05, 0.1) is 25.2 Å². The molecule has 1 fully saturated rings. The van der Waals surface area contributed by atoms with Crippen molar-refractivity contribution in [2.24, 2.45) is 0 Å². The molecule has 156 valence electrons. The molecule has 6 nitrogen and oxygen atoms in total. The van der Waals surface area contributed by atoms with Gasteiger partial charge in [-0.25, -0.2) is 0 Å². The minimum absolute atomic E-state index is 0.0397. The quantitative estimate of drug-likeness (QED) is 0.832.